The molecule has 0 spiro atoms. The zero-order valence-corrected chi connectivity index (χ0v) is 19.3. The summed E-state index contributed by atoms with van der Waals surface area (Å²) in [6.45, 7) is 5.93. The first kappa shape index (κ1) is 24.0. The van der Waals surface area contributed by atoms with Gasteiger partial charge in [-0.1, -0.05) is 19.1 Å². The fourth-order valence-corrected chi connectivity index (χ4v) is 4.68. The van der Waals surface area contributed by atoms with E-state index >= 15 is 0 Å². The van der Waals surface area contributed by atoms with Crippen molar-refractivity contribution >= 4 is 15.9 Å². The minimum absolute atomic E-state index is 0.204. The van der Waals surface area contributed by atoms with Gasteiger partial charge in [-0.15, -0.1) is 0 Å². The highest BCUT2D eigenvalue weighted by Crippen LogP contribution is 2.20. The molecule has 1 aliphatic rings. The quantitative estimate of drug-likeness (QED) is 0.545. The molecule has 0 unspecified atom stereocenters. The molecule has 1 N–H and O–H groups in total. The van der Waals surface area contributed by atoms with E-state index in [9.17, 15) is 13.2 Å². The fourth-order valence-electron chi connectivity index (χ4n) is 3.28. The van der Waals surface area contributed by atoms with Crippen LogP contribution >= 0.6 is 0 Å². The second kappa shape index (κ2) is 11.3. The van der Waals surface area contributed by atoms with Crippen molar-refractivity contribution in [2.24, 2.45) is 0 Å². The van der Waals surface area contributed by atoms with Crippen molar-refractivity contribution in [3.8, 4) is 11.5 Å². The number of hydrogen-bond donors (Lipinski definition) is 1. The van der Waals surface area contributed by atoms with Gasteiger partial charge in [0.1, 0.15) is 18.1 Å². The van der Waals surface area contributed by atoms with Crippen molar-refractivity contribution in [2.45, 2.75) is 31.3 Å². The van der Waals surface area contributed by atoms with Gasteiger partial charge in [0.2, 0.25) is 10.0 Å². The van der Waals surface area contributed by atoms with Gasteiger partial charge in [0, 0.05) is 13.1 Å². The van der Waals surface area contributed by atoms with Gasteiger partial charge in [-0.25, -0.2) is 8.42 Å². The molecule has 2 aromatic carbocycles. The molecule has 0 bridgehead atoms. The zero-order valence-electron chi connectivity index (χ0n) is 18.5. The molecule has 3 rings (SSSR count). The Kier molecular flexibility index (Phi) is 8.49. The van der Waals surface area contributed by atoms with E-state index in [2.05, 4.69) is 5.32 Å². The Balaban J connectivity index is 1.45. The maximum absolute atomic E-state index is 12.6. The second-order valence-electron chi connectivity index (χ2n) is 7.46. The highest BCUT2D eigenvalue weighted by molar-refractivity contribution is 7.89. The number of amides is 1. The lowest BCUT2D eigenvalue weighted by molar-refractivity contribution is -0.128. The number of benzene rings is 2. The van der Waals surface area contributed by atoms with Gasteiger partial charge >= 0.3 is 0 Å². The van der Waals surface area contributed by atoms with Crippen LogP contribution in [0.25, 0.3) is 0 Å². The van der Waals surface area contributed by atoms with Crippen LogP contribution in [-0.2, 0) is 19.6 Å². The predicted octanol–water partition coefficient (Wildman–Crippen LogP) is 2.37. The van der Waals surface area contributed by atoms with Crippen molar-refractivity contribution in [3.63, 3.8) is 0 Å². The van der Waals surface area contributed by atoms with E-state index in [-0.39, 0.29) is 17.4 Å². The summed E-state index contributed by atoms with van der Waals surface area (Å²) < 4.78 is 43.4. The van der Waals surface area contributed by atoms with Gasteiger partial charge in [-0.3, -0.25) is 4.79 Å². The van der Waals surface area contributed by atoms with Crippen LogP contribution in [0.4, 0.5) is 0 Å². The van der Waals surface area contributed by atoms with Gasteiger partial charge < -0.3 is 19.5 Å². The van der Waals surface area contributed by atoms with Crippen molar-refractivity contribution in [1.82, 2.24) is 9.62 Å². The maximum Gasteiger partial charge on any atom is 0.261 e. The molecule has 0 saturated carbocycles. The van der Waals surface area contributed by atoms with Crippen molar-refractivity contribution in [1.29, 1.82) is 0 Å². The van der Waals surface area contributed by atoms with E-state index in [1.807, 2.05) is 38.1 Å². The Hall–Kier alpha value is -2.62. The number of morpholine rings is 1. The van der Waals surface area contributed by atoms with E-state index in [4.69, 9.17) is 14.2 Å². The lowest BCUT2D eigenvalue weighted by Gasteiger charge is -2.26. The topological polar surface area (TPSA) is 94.2 Å². The molecule has 0 aromatic heterocycles. The van der Waals surface area contributed by atoms with E-state index in [1.54, 1.807) is 12.1 Å². The number of carbonyl (C=O) groups is 1. The molecule has 1 atom stereocenters. The molecule has 9 heteroatoms. The molecule has 174 valence electrons. The molecule has 1 aliphatic heterocycles. The third-order valence-corrected chi connectivity index (χ3v) is 6.95. The van der Waals surface area contributed by atoms with E-state index in [0.29, 0.717) is 50.8 Å². The monoisotopic (exact) mass is 462 g/mol. The highest BCUT2D eigenvalue weighted by atomic mass is 32.2. The van der Waals surface area contributed by atoms with Crippen LogP contribution in [-0.4, -0.2) is 64.2 Å². The molecular weight excluding hydrogens is 432 g/mol. The molecule has 2 aromatic rings. The van der Waals surface area contributed by atoms with Crippen LogP contribution in [0, 0.1) is 6.92 Å². The molecule has 1 heterocycles. The molecule has 0 radical (unpaired) electrons. The SMILES string of the molecule is CC[C@H](Oc1cccc(C)c1)C(=O)NCCOc1ccc(S(=O)(=O)N2CCOCC2)cc1. The van der Waals surface area contributed by atoms with E-state index < -0.39 is 16.1 Å². The van der Waals surface area contributed by atoms with Gasteiger partial charge in [-0.05, 0) is 55.3 Å². The summed E-state index contributed by atoms with van der Waals surface area (Å²) in [5, 5.41) is 2.81. The first-order chi connectivity index (χ1) is 15.4. The summed E-state index contributed by atoms with van der Waals surface area (Å²) in [5.41, 5.74) is 1.06. The largest absolute Gasteiger partial charge is 0.492 e. The fraction of sp³-hybridized carbons (Fsp3) is 0.435. The average Bonchev–Trinajstić information content (AvgIpc) is 2.81. The third kappa shape index (κ3) is 6.44. The van der Waals surface area contributed by atoms with Crippen molar-refractivity contribution < 1.29 is 27.4 Å². The first-order valence-electron chi connectivity index (χ1n) is 10.7. The normalized spacial score (nSPS) is 15.7. The summed E-state index contributed by atoms with van der Waals surface area (Å²) in [6, 6.07) is 13.9. The predicted molar refractivity (Wildman–Crippen MR) is 120 cm³/mol. The Labute approximate surface area is 189 Å². The zero-order chi connectivity index (χ0) is 23.0. The number of carbonyl (C=O) groups excluding carboxylic acids is 1. The lowest BCUT2D eigenvalue weighted by Crippen LogP contribution is -2.40. The summed E-state index contributed by atoms with van der Waals surface area (Å²) in [4.78, 5) is 12.6. The second-order valence-corrected chi connectivity index (χ2v) is 9.40. The van der Waals surface area contributed by atoms with Crippen LogP contribution in [0.5, 0.6) is 11.5 Å². The Morgan fingerprint density at radius 2 is 1.84 bits per heavy atom. The summed E-state index contributed by atoms with van der Waals surface area (Å²) in [6.07, 6.45) is -0.0406. The van der Waals surface area contributed by atoms with Crippen molar-refractivity contribution in [2.75, 3.05) is 39.5 Å². The maximum atomic E-state index is 12.6. The molecule has 0 aliphatic carbocycles. The number of aryl methyl sites for hydroxylation is 1. The van der Waals surface area contributed by atoms with E-state index in [1.165, 1.54) is 16.4 Å². The van der Waals surface area contributed by atoms with Crippen LogP contribution in [0.3, 0.4) is 0 Å². The Morgan fingerprint density at radius 3 is 2.50 bits per heavy atom. The van der Waals surface area contributed by atoms with Crippen LogP contribution in [0.2, 0.25) is 0 Å². The smallest absolute Gasteiger partial charge is 0.261 e. The first-order valence-corrected chi connectivity index (χ1v) is 12.2. The molecule has 1 amide bonds. The van der Waals surface area contributed by atoms with Crippen LogP contribution in [0.1, 0.15) is 18.9 Å². The lowest BCUT2D eigenvalue weighted by atomic mass is 10.2. The Morgan fingerprint density at radius 1 is 1.12 bits per heavy atom. The minimum Gasteiger partial charge on any atom is -0.492 e. The summed E-state index contributed by atoms with van der Waals surface area (Å²) in [5.74, 6) is 0.989. The van der Waals surface area contributed by atoms with Gasteiger partial charge in [0.05, 0.1) is 24.7 Å². The van der Waals surface area contributed by atoms with Crippen LogP contribution in [0.15, 0.2) is 53.4 Å². The molecular formula is C23H30N2O6S. The Bertz CT molecular complexity index is 988. The number of sulfonamides is 1. The standard InChI is InChI=1S/C23H30N2O6S/c1-3-22(31-20-6-4-5-18(2)17-20)23(26)24-11-14-30-19-7-9-21(10-8-19)32(27,28)25-12-15-29-16-13-25/h4-10,17,22H,3,11-16H2,1-2H3,(H,24,26)/t22-/m0/s1. The van der Waals surface area contributed by atoms with Gasteiger partial charge in [0.25, 0.3) is 5.91 Å². The minimum atomic E-state index is -3.53. The molecule has 1 fully saturated rings. The van der Waals surface area contributed by atoms with Crippen LogP contribution < -0.4 is 14.8 Å². The van der Waals surface area contributed by atoms with Gasteiger partial charge in [-0.2, -0.15) is 4.31 Å². The van der Waals surface area contributed by atoms with Crippen molar-refractivity contribution in [3.05, 3.63) is 54.1 Å². The van der Waals surface area contributed by atoms with Gasteiger partial charge in [0.15, 0.2) is 6.10 Å². The molecule has 32 heavy (non-hydrogen) atoms. The number of rotatable bonds is 10. The molecule has 1 saturated heterocycles. The highest BCUT2D eigenvalue weighted by Gasteiger charge is 2.26. The summed E-state index contributed by atoms with van der Waals surface area (Å²) >= 11 is 0. The third-order valence-electron chi connectivity index (χ3n) is 5.03. The number of hydrogen-bond acceptors (Lipinski definition) is 6. The number of nitrogens with one attached hydrogen (secondary N) is 1. The summed E-state index contributed by atoms with van der Waals surface area (Å²) in [7, 11) is -3.53. The average molecular weight is 463 g/mol. The van der Waals surface area contributed by atoms with E-state index in [0.717, 1.165) is 5.56 Å². The number of ether oxygens (including phenoxy) is 3. The molecule has 8 nitrogen and oxygen atoms in total. The number of nitrogens with zero attached hydrogens (tertiary/aromatic N) is 1.